The van der Waals surface area contributed by atoms with Crippen molar-refractivity contribution in [2.75, 3.05) is 46.3 Å². The second kappa shape index (κ2) is 10.6. The molecule has 0 aromatic heterocycles. The van der Waals surface area contributed by atoms with E-state index in [0.717, 1.165) is 51.9 Å². The van der Waals surface area contributed by atoms with Gasteiger partial charge in [-0.1, -0.05) is 32.0 Å². The van der Waals surface area contributed by atoms with Crippen molar-refractivity contribution in [3.63, 3.8) is 0 Å². The number of hydrogen-bond acceptors (Lipinski definition) is 4. The monoisotopic (exact) mass is 400 g/mol. The van der Waals surface area contributed by atoms with Gasteiger partial charge in [-0.15, -0.1) is 0 Å². The van der Waals surface area contributed by atoms with Gasteiger partial charge in [0.25, 0.3) is 0 Å². The van der Waals surface area contributed by atoms with Crippen LogP contribution in [0.25, 0.3) is 0 Å². The fourth-order valence-corrected chi connectivity index (χ4v) is 4.94. The molecule has 3 rings (SSSR count). The molecular weight excluding hydrogens is 360 g/mol. The molecule has 0 aliphatic carbocycles. The molecule has 5 heteroatoms. The number of nitrogens with zero attached hydrogens (tertiary/aromatic N) is 3. The number of benzene rings is 1. The lowest BCUT2D eigenvalue weighted by Crippen LogP contribution is -2.52. The molecule has 0 bridgehead atoms. The van der Waals surface area contributed by atoms with Crippen molar-refractivity contribution in [1.82, 2.24) is 14.7 Å². The van der Waals surface area contributed by atoms with E-state index >= 15 is 0 Å². The topological polar surface area (TPSA) is 52.8 Å². The molecule has 2 heterocycles. The van der Waals surface area contributed by atoms with Crippen LogP contribution < -0.4 is 5.73 Å². The van der Waals surface area contributed by atoms with E-state index in [4.69, 9.17) is 5.73 Å². The summed E-state index contributed by atoms with van der Waals surface area (Å²) < 4.78 is 0. The van der Waals surface area contributed by atoms with Crippen LogP contribution in [0.4, 0.5) is 0 Å². The number of likely N-dealkylation sites (N-methyl/N-ethyl adjacent to an activating group) is 1. The smallest absolute Gasteiger partial charge is 0.239 e. The first-order valence-electron chi connectivity index (χ1n) is 11.6. The van der Waals surface area contributed by atoms with Gasteiger partial charge in [-0.3, -0.25) is 9.69 Å². The zero-order chi connectivity index (χ0) is 20.8. The molecule has 162 valence electrons. The highest BCUT2D eigenvalue weighted by Crippen LogP contribution is 2.20. The SMILES string of the molecule is CCc1ccc(C[C@@H](N)C(=O)N2CCC(N3CCCN(C)CC3)CC2)cc1CC. The second-order valence-corrected chi connectivity index (χ2v) is 8.87. The van der Waals surface area contributed by atoms with E-state index in [1.54, 1.807) is 0 Å². The Morgan fingerprint density at radius 3 is 2.45 bits per heavy atom. The maximum absolute atomic E-state index is 12.9. The summed E-state index contributed by atoms with van der Waals surface area (Å²) in [6.07, 6.45) is 6.11. The molecule has 1 aromatic rings. The summed E-state index contributed by atoms with van der Waals surface area (Å²) in [6.45, 7) is 10.8. The third kappa shape index (κ3) is 5.80. The molecule has 2 fully saturated rings. The third-order valence-corrected chi connectivity index (χ3v) is 6.85. The summed E-state index contributed by atoms with van der Waals surface area (Å²) in [6, 6.07) is 6.78. The first-order valence-corrected chi connectivity index (χ1v) is 11.6. The third-order valence-electron chi connectivity index (χ3n) is 6.85. The Balaban J connectivity index is 1.51. The van der Waals surface area contributed by atoms with Gasteiger partial charge in [-0.25, -0.2) is 0 Å². The zero-order valence-corrected chi connectivity index (χ0v) is 18.7. The summed E-state index contributed by atoms with van der Waals surface area (Å²) in [5, 5.41) is 0. The predicted molar refractivity (Wildman–Crippen MR) is 120 cm³/mol. The van der Waals surface area contributed by atoms with Crippen LogP contribution in [0.2, 0.25) is 0 Å². The highest BCUT2D eigenvalue weighted by Gasteiger charge is 2.29. The standard InChI is InChI=1S/C24H40N4O/c1-4-20-8-7-19(17-21(20)5-2)18-23(25)24(29)28-13-9-22(10-14-28)27-12-6-11-26(3)15-16-27/h7-8,17,22-23H,4-6,9-16,18,25H2,1-3H3/t23-/m1/s1. The van der Waals surface area contributed by atoms with Gasteiger partial charge in [0, 0.05) is 32.2 Å². The summed E-state index contributed by atoms with van der Waals surface area (Å²) >= 11 is 0. The van der Waals surface area contributed by atoms with Crippen LogP contribution >= 0.6 is 0 Å². The van der Waals surface area contributed by atoms with Crippen LogP contribution in [0.3, 0.4) is 0 Å². The van der Waals surface area contributed by atoms with Crippen LogP contribution in [0.1, 0.15) is 49.8 Å². The van der Waals surface area contributed by atoms with E-state index in [9.17, 15) is 4.79 Å². The summed E-state index contributed by atoms with van der Waals surface area (Å²) in [5.41, 5.74) is 10.3. The van der Waals surface area contributed by atoms with Crippen molar-refractivity contribution in [3.05, 3.63) is 34.9 Å². The van der Waals surface area contributed by atoms with E-state index in [1.807, 2.05) is 4.90 Å². The summed E-state index contributed by atoms with van der Waals surface area (Å²) in [4.78, 5) is 20.0. The summed E-state index contributed by atoms with van der Waals surface area (Å²) in [5.74, 6) is 0.122. The van der Waals surface area contributed by atoms with Crippen LogP contribution in [-0.2, 0) is 24.1 Å². The van der Waals surface area contributed by atoms with Crippen molar-refractivity contribution >= 4 is 5.91 Å². The van der Waals surface area contributed by atoms with Crippen LogP contribution in [0, 0.1) is 0 Å². The molecule has 0 radical (unpaired) electrons. The highest BCUT2D eigenvalue weighted by molar-refractivity contribution is 5.82. The lowest BCUT2D eigenvalue weighted by atomic mass is 9.96. The number of piperidine rings is 1. The molecule has 1 aromatic carbocycles. The Labute approximate surface area is 177 Å². The Bertz CT molecular complexity index is 669. The first-order chi connectivity index (χ1) is 14.0. The van der Waals surface area contributed by atoms with Crippen LogP contribution in [0.5, 0.6) is 0 Å². The minimum Gasteiger partial charge on any atom is -0.341 e. The van der Waals surface area contributed by atoms with E-state index < -0.39 is 6.04 Å². The molecule has 0 unspecified atom stereocenters. The largest absolute Gasteiger partial charge is 0.341 e. The number of aryl methyl sites for hydroxylation is 2. The number of nitrogens with two attached hydrogens (primary N) is 1. The maximum atomic E-state index is 12.9. The Morgan fingerprint density at radius 2 is 1.76 bits per heavy atom. The number of hydrogen-bond donors (Lipinski definition) is 1. The van der Waals surface area contributed by atoms with Gasteiger partial charge in [-0.05, 0) is 75.4 Å². The van der Waals surface area contributed by atoms with E-state index in [0.29, 0.717) is 12.5 Å². The van der Waals surface area contributed by atoms with E-state index in [2.05, 4.69) is 48.9 Å². The van der Waals surface area contributed by atoms with Crippen molar-refractivity contribution in [3.8, 4) is 0 Å². The van der Waals surface area contributed by atoms with Gasteiger partial charge in [0.05, 0.1) is 6.04 Å². The number of amides is 1. The van der Waals surface area contributed by atoms with Crippen molar-refractivity contribution < 1.29 is 4.79 Å². The fraction of sp³-hybridized carbons (Fsp3) is 0.708. The van der Waals surface area contributed by atoms with Crippen LogP contribution in [-0.4, -0.2) is 79.0 Å². The predicted octanol–water partition coefficient (Wildman–Crippen LogP) is 2.31. The average molecular weight is 401 g/mol. The van der Waals surface area contributed by atoms with Gasteiger partial charge in [0.1, 0.15) is 0 Å². The molecule has 1 atom stereocenters. The minimum absolute atomic E-state index is 0.122. The van der Waals surface area contributed by atoms with E-state index in [1.165, 1.54) is 36.2 Å². The number of carbonyl (C=O) groups excluding carboxylic acids is 1. The molecule has 5 nitrogen and oxygen atoms in total. The second-order valence-electron chi connectivity index (χ2n) is 8.87. The maximum Gasteiger partial charge on any atom is 0.239 e. The molecule has 0 spiro atoms. The minimum atomic E-state index is -0.435. The number of rotatable bonds is 6. The number of likely N-dealkylation sites (tertiary alicyclic amines) is 1. The molecule has 29 heavy (non-hydrogen) atoms. The molecule has 2 N–H and O–H groups in total. The van der Waals surface area contributed by atoms with Gasteiger partial charge in [0.2, 0.25) is 5.91 Å². The molecule has 2 aliphatic rings. The Morgan fingerprint density at radius 1 is 1.03 bits per heavy atom. The van der Waals surface area contributed by atoms with Crippen molar-refractivity contribution in [2.24, 2.45) is 5.73 Å². The molecule has 2 saturated heterocycles. The number of carbonyl (C=O) groups is 1. The van der Waals surface area contributed by atoms with Gasteiger partial charge < -0.3 is 15.5 Å². The van der Waals surface area contributed by atoms with Crippen LogP contribution in [0.15, 0.2) is 18.2 Å². The Hall–Kier alpha value is -1.43. The normalized spacial score (nSPS) is 21.2. The molecular formula is C24H40N4O. The van der Waals surface area contributed by atoms with Crippen molar-refractivity contribution in [2.45, 2.75) is 64.5 Å². The molecule has 1 amide bonds. The summed E-state index contributed by atoms with van der Waals surface area (Å²) in [7, 11) is 2.21. The van der Waals surface area contributed by atoms with Gasteiger partial charge in [-0.2, -0.15) is 0 Å². The molecule has 2 aliphatic heterocycles. The highest BCUT2D eigenvalue weighted by atomic mass is 16.2. The molecule has 0 saturated carbocycles. The Kier molecular flexibility index (Phi) is 8.10. The quantitative estimate of drug-likeness (QED) is 0.796. The zero-order valence-electron chi connectivity index (χ0n) is 18.7. The van der Waals surface area contributed by atoms with Crippen molar-refractivity contribution in [1.29, 1.82) is 0 Å². The van der Waals surface area contributed by atoms with Gasteiger partial charge >= 0.3 is 0 Å². The lowest BCUT2D eigenvalue weighted by molar-refractivity contribution is -0.134. The first kappa shape index (κ1) is 22.3. The van der Waals surface area contributed by atoms with E-state index in [-0.39, 0.29) is 5.91 Å². The average Bonchev–Trinajstić information content (AvgIpc) is 2.97. The van der Waals surface area contributed by atoms with Gasteiger partial charge in [0.15, 0.2) is 0 Å². The lowest BCUT2D eigenvalue weighted by Gasteiger charge is -2.39. The fourth-order valence-electron chi connectivity index (χ4n) is 4.94.